The van der Waals surface area contributed by atoms with E-state index in [2.05, 4.69) is 72.8 Å². The van der Waals surface area contributed by atoms with Crippen LogP contribution in [0.5, 0.6) is 0 Å². The van der Waals surface area contributed by atoms with Crippen LogP contribution in [-0.4, -0.2) is 96.7 Å². The van der Waals surface area contributed by atoms with Gasteiger partial charge in [-0.25, -0.2) is 9.13 Å². The van der Waals surface area contributed by atoms with Crippen LogP contribution in [0.2, 0.25) is 0 Å². The van der Waals surface area contributed by atoms with E-state index in [0.29, 0.717) is 25.7 Å². The predicted octanol–water partition coefficient (Wildman–Crippen LogP) is 22.9. The van der Waals surface area contributed by atoms with Crippen molar-refractivity contribution in [2.24, 2.45) is 17.8 Å². The SMILES string of the molecule is CCCCCC/C=C\C=C/CCCCCCCC(=O)OC[C@H](COP(=O)(O)OC[C@@H](O)COP(=O)(O)OC[C@@H](COC(=O)CCCCCCCCCCC(C)CC)OC(=O)CCCCCCCCCCC(C)CC)OC(=O)CCCCCCCCCCCCCCCCCCC(C)C. The van der Waals surface area contributed by atoms with Gasteiger partial charge in [0.2, 0.25) is 0 Å². The van der Waals surface area contributed by atoms with Crippen molar-refractivity contribution in [2.45, 2.75) is 401 Å². The van der Waals surface area contributed by atoms with E-state index in [1.165, 1.54) is 173 Å². The standard InChI is InChI=1S/C79H150O17P2/c1-8-11-12-13-14-15-16-17-20-24-27-30-39-46-53-60-76(81)89-66-74(95-78(83)62-55-48-41-31-28-25-22-19-18-21-23-26-29-36-43-50-57-70(4)5)68-93-97(85,86)91-64-73(80)65-92-98(87,88)94-69-75(96-79(84)63-56-49-42-35-33-38-45-52-59-72(7)10-3)67-90-77(82)61-54-47-40-34-32-37-44-51-58-71(6)9-2/h15-17,20,70-75,80H,8-14,18-19,21-69H2,1-7H3,(H,85,86)(H,87,88)/b16-15-,20-17-/t71?,72?,73-,74-,75-/m1/s1. The van der Waals surface area contributed by atoms with Gasteiger partial charge in [-0.2, -0.15) is 0 Å². The Morgan fingerprint density at radius 1 is 0.337 bits per heavy atom. The predicted molar refractivity (Wildman–Crippen MR) is 400 cm³/mol. The number of hydrogen-bond acceptors (Lipinski definition) is 15. The Balaban J connectivity index is 5.29. The highest BCUT2D eigenvalue weighted by atomic mass is 31.2. The van der Waals surface area contributed by atoms with Gasteiger partial charge < -0.3 is 33.8 Å². The van der Waals surface area contributed by atoms with Gasteiger partial charge in [-0.15, -0.1) is 0 Å². The molecule has 17 nitrogen and oxygen atoms in total. The van der Waals surface area contributed by atoms with Crippen molar-refractivity contribution >= 4 is 39.5 Å². The maximum absolute atomic E-state index is 13.1. The number of ether oxygens (including phenoxy) is 4. The highest BCUT2D eigenvalue weighted by Crippen LogP contribution is 2.45. The highest BCUT2D eigenvalue weighted by molar-refractivity contribution is 7.47. The molecule has 4 unspecified atom stereocenters. The van der Waals surface area contributed by atoms with Crippen LogP contribution in [0, 0.1) is 17.8 Å². The Labute approximate surface area is 599 Å². The van der Waals surface area contributed by atoms with Crippen LogP contribution in [0.15, 0.2) is 24.3 Å². The van der Waals surface area contributed by atoms with Crippen LogP contribution in [0.3, 0.4) is 0 Å². The lowest BCUT2D eigenvalue weighted by Crippen LogP contribution is -2.30. The number of phosphoric ester groups is 2. The lowest BCUT2D eigenvalue weighted by Gasteiger charge is -2.21. The minimum Gasteiger partial charge on any atom is -0.462 e. The van der Waals surface area contributed by atoms with Gasteiger partial charge in [-0.3, -0.25) is 37.3 Å². The summed E-state index contributed by atoms with van der Waals surface area (Å²) in [5.74, 6) is 0.205. The van der Waals surface area contributed by atoms with Crippen LogP contribution in [0.25, 0.3) is 0 Å². The minimum atomic E-state index is -4.97. The van der Waals surface area contributed by atoms with E-state index in [1.54, 1.807) is 0 Å². The summed E-state index contributed by atoms with van der Waals surface area (Å²) in [6, 6.07) is 0. The molecule has 0 aromatic rings. The van der Waals surface area contributed by atoms with Crippen molar-refractivity contribution in [2.75, 3.05) is 39.6 Å². The summed E-state index contributed by atoms with van der Waals surface area (Å²) in [4.78, 5) is 72.9. The molecule has 0 bridgehead atoms. The summed E-state index contributed by atoms with van der Waals surface area (Å²) >= 11 is 0. The molecule has 0 spiro atoms. The molecule has 0 fully saturated rings. The Morgan fingerprint density at radius 2 is 0.602 bits per heavy atom. The van der Waals surface area contributed by atoms with Crippen LogP contribution >= 0.6 is 15.6 Å². The van der Waals surface area contributed by atoms with Gasteiger partial charge >= 0.3 is 39.5 Å². The second-order valence-corrected chi connectivity index (χ2v) is 31.6. The van der Waals surface area contributed by atoms with Crippen molar-refractivity contribution in [1.29, 1.82) is 0 Å². The minimum absolute atomic E-state index is 0.101. The van der Waals surface area contributed by atoms with E-state index in [-0.39, 0.29) is 25.7 Å². The van der Waals surface area contributed by atoms with Gasteiger partial charge in [-0.1, -0.05) is 330 Å². The number of carbonyl (C=O) groups excluding carboxylic acids is 4. The fourth-order valence-electron chi connectivity index (χ4n) is 11.5. The normalized spacial score (nSPS) is 14.7. The number of allylic oxidation sites excluding steroid dienone is 4. The summed E-state index contributed by atoms with van der Waals surface area (Å²) in [6.45, 7) is 11.9. The highest BCUT2D eigenvalue weighted by Gasteiger charge is 2.30. The molecule has 0 aromatic heterocycles. The Kier molecular flexibility index (Phi) is 67.2. The largest absolute Gasteiger partial charge is 0.472 e. The molecule has 0 aliphatic rings. The van der Waals surface area contributed by atoms with E-state index in [0.717, 1.165) is 127 Å². The Bertz CT molecular complexity index is 2000. The Hall–Kier alpha value is -2.46. The van der Waals surface area contributed by atoms with E-state index in [4.69, 9.17) is 37.0 Å². The summed E-state index contributed by atoms with van der Waals surface area (Å²) in [5, 5.41) is 10.6. The third-order valence-electron chi connectivity index (χ3n) is 18.5. The first-order valence-electron chi connectivity index (χ1n) is 40.2. The van der Waals surface area contributed by atoms with Crippen LogP contribution < -0.4 is 0 Å². The maximum atomic E-state index is 13.1. The topological polar surface area (TPSA) is 237 Å². The lowest BCUT2D eigenvalue weighted by atomic mass is 9.99. The van der Waals surface area contributed by atoms with Gasteiger partial charge in [-0.05, 0) is 69.1 Å². The number of aliphatic hydroxyl groups excluding tert-OH is 1. The molecule has 0 saturated carbocycles. The van der Waals surface area contributed by atoms with Gasteiger partial charge in [0.25, 0.3) is 0 Å². The fraction of sp³-hybridized carbons (Fsp3) is 0.899. The summed E-state index contributed by atoms with van der Waals surface area (Å²) in [6.07, 6.45) is 59.0. The third kappa shape index (κ3) is 69.3. The molecule has 0 radical (unpaired) electrons. The van der Waals surface area contributed by atoms with Crippen molar-refractivity contribution in [3.63, 3.8) is 0 Å². The molecule has 0 rings (SSSR count). The van der Waals surface area contributed by atoms with Crippen molar-refractivity contribution in [3.8, 4) is 0 Å². The molecule has 0 aliphatic carbocycles. The zero-order valence-corrected chi connectivity index (χ0v) is 65.5. The van der Waals surface area contributed by atoms with Crippen molar-refractivity contribution in [3.05, 3.63) is 24.3 Å². The number of aliphatic hydroxyl groups is 1. The van der Waals surface area contributed by atoms with Gasteiger partial charge in [0.15, 0.2) is 12.2 Å². The molecular weight excluding hydrogens is 1280 g/mol. The summed E-state index contributed by atoms with van der Waals surface area (Å²) in [5.41, 5.74) is 0. The smallest absolute Gasteiger partial charge is 0.462 e. The number of rotatable bonds is 75. The molecule has 19 heteroatoms. The van der Waals surface area contributed by atoms with E-state index >= 15 is 0 Å². The van der Waals surface area contributed by atoms with Crippen LogP contribution in [-0.2, 0) is 65.4 Å². The third-order valence-corrected chi connectivity index (χ3v) is 20.4. The Morgan fingerprint density at radius 3 is 0.908 bits per heavy atom. The monoisotopic (exact) mass is 1430 g/mol. The average Bonchev–Trinajstić information content (AvgIpc) is 0.968. The lowest BCUT2D eigenvalue weighted by molar-refractivity contribution is -0.161. The molecule has 0 aliphatic heterocycles. The maximum Gasteiger partial charge on any atom is 0.472 e. The number of phosphoric acid groups is 2. The van der Waals surface area contributed by atoms with Gasteiger partial charge in [0.1, 0.15) is 19.3 Å². The molecule has 0 heterocycles. The molecule has 0 saturated heterocycles. The summed E-state index contributed by atoms with van der Waals surface area (Å²) in [7, 11) is -9.93. The zero-order chi connectivity index (χ0) is 72.3. The number of unbranched alkanes of at least 4 members (excludes halogenated alkanes) is 38. The molecule has 98 heavy (non-hydrogen) atoms. The van der Waals surface area contributed by atoms with Crippen molar-refractivity contribution in [1.82, 2.24) is 0 Å². The van der Waals surface area contributed by atoms with Crippen molar-refractivity contribution < 1.29 is 80.2 Å². The van der Waals surface area contributed by atoms with Gasteiger partial charge in [0.05, 0.1) is 26.4 Å². The van der Waals surface area contributed by atoms with Crippen LogP contribution in [0.4, 0.5) is 0 Å². The van der Waals surface area contributed by atoms with Gasteiger partial charge in [0, 0.05) is 25.7 Å². The molecular formula is C79H150O17P2. The second-order valence-electron chi connectivity index (χ2n) is 28.7. The van der Waals surface area contributed by atoms with E-state index in [1.807, 2.05) is 0 Å². The molecule has 0 aromatic carbocycles. The molecule has 3 N–H and O–H groups in total. The summed E-state index contributed by atoms with van der Waals surface area (Å²) < 4.78 is 68.6. The van der Waals surface area contributed by atoms with Crippen LogP contribution in [0.1, 0.15) is 382 Å². The average molecular weight is 1430 g/mol. The molecule has 7 atom stereocenters. The van der Waals surface area contributed by atoms with E-state index in [9.17, 15) is 43.2 Å². The number of esters is 4. The zero-order valence-electron chi connectivity index (χ0n) is 63.7. The fourth-order valence-corrected chi connectivity index (χ4v) is 13.1. The first-order valence-corrected chi connectivity index (χ1v) is 43.2. The number of carbonyl (C=O) groups is 4. The first kappa shape index (κ1) is 95.5. The van der Waals surface area contributed by atoms with E-state index < -0.39 is 97.5 Å². The first-order chi connectivity index (χ1) is 47.3. The second kappa shape index (κ2) is 68.9. The molecule has 578 valence electrons. The quantitative estimate of drug-likeness (QED) is 0.0169. The molecule has 0 amide bonds. The number of hydrogen-bond donors (Lipinski definition) is 3.